The Morgan fingerprint density at radius 2 is 1.80 bits per heavy atom. The van der Waals surface area contributed by atoms with Crippen LogP contribution >= 0.6 is 0 Å². The topological polar surface area (TPSA) is 72.8 Å². The number of carbonyl (C=O) groups is 2. The fourth-order valence-electron chi connectivity index (χ4n) is 4.58. The van der Waals surface area contributed by atoms with Crippen molar-refractivity contribution >= 4 is 11.9 Å². The van der Waals surface area contributed by atoms with Gasteiger partial charge in [0.05, 0.1) is 5.60 Å². The Hall–Kier alpha value is -1.62. The van der Waals surface area contributed by atoms with Gasteiger partial charge in [-0.2, -0.15) is 0 Å². The molecule has 1 N–H and O–H groups in total. The first kappa shape index (κ1) is 26.4. The van der Waals surface area contributed by atoms with Crippen LogP contribution in [0.4, 0.5) is 0 Å². The van der Waals surface area contributed by atoms with Crippen molar-refractivity contribution in [2.45, 2.75) is 99.2 Å². The molecule has 0 saturated carbocycles. The van der Waals surface area contributed by atoms with Crippen molar-refractivity contribution in [1.82, 2.24) is 0 Å². The Morgan fingerprint density at radius 3 is 2.27 bits per heavy atom. The van der Waals surface area contributed by atoms with Crippen molar-refractivity contribution in [3.05, 3.63) is 23.8 Å². The van der Waals surface area contributed by atoms with E-state index in [0.717, 1.165) is 31.3 Å². The normalized spacial score (nSPS) is 21.4. The molecule has 5 nitrogen and oxygen atoms in total. The molecule has 0 heterocycles. The van der Waals surface area contributed by atoms with Gasteiger partial charge in [0.15, 0.2) is 6.10 Å². The van der Waals surface area contributed by atoms with E-state index >= 15 is 0 Å². The lowest BCUT2D eigenvalue weighted by Gasteiger charge is -2.47. The lowest BCUT2D eigenvalue weighted by molar-refractivity contribution is -0.155. The van der Waals surface area contributed by atoms with E-state index in [1.807, 2.05) is 0 Å². The summed E-state index contributed by atoms with van der Waals surface area (Å²) in [5.41, 5.74) is 1.01. The molecule has 30 heavy (non-hydrogen) atoms. The lowest BCUT2D eigenvalue weighted by Crippen LogP contribution is -2.41. The molecule has 0 aromatic rings. The zero-order chi connectivity index (χ0) is 23.3. The molecule has 0 bridgehead atoms. The van der Waals surface area contributed by atoms with Crippen LogP contribution in [0, 0.1) is 16.7 Å². The number of aliphatic hydroxyl groups is 1. The Bertz CT molecular complexity index is 671. The molecule has 0 spiro atoms. The second kappa shape index (κ2) is 10.1. The second-order valence-corrected chi connectivity index (χ2v) is 10.2. The fraction of sp³-hybridized carbons (Fsp3) is 0.760. The molecule has 0 aliphatic heterocycles. The molecule has 1 rings (SSSR count). The highest BCUT2D eigenvalue weighted by atomic mass is 16.6. The third-order valence-corrected chi connectivity index (χ3v) is 6.90. The van der Waals surface area contributed by atoms with Gasteiger partial charge in [-0.3, -0.25) is 9.59 Å². The maximum absolute atomic E-state index is 11.9. The summed E-state index contributed by atoms with van der Waals surface area (Å²) in [5.74, 6) is -0.471. The standard InChI is InChI=1S/C25H42O5/c1-10-24(8,28)14-15-25(9,17(2)3)20-12-11-13-23(6,7)22(20)21(30-19(5)27)16-29-18(4)26/h10,17,21,28H,1,11-16H2,2-9H3. The van der Waals surface area contributed by atoms with Gasteiger partial charge in [-0.15, -0.1) is 6.58 Å². The van der Waals surface area contributed by atoms with Gasteiger partial charge in [0.1, 0.15) is 6.61 Å². The van der Waals surface area contributed by atoms with Crippen molar-refractivity contribution in [3.8, 4) is 0 Å². The number of allylic oxidation sites excluding steroid dienone is 1. The summed E-state index contributed by atoms with van der Waals surface area (Å²) in [5, 5.41) is 10.5. The number of hydrogen-bond donors (Lipinski definition) is 1. The monoisotopic (exact) mass is 422 g/mol. The highest BCUT2D eigenvalue weighted by Crippen LogP contribution is 2.53. The summed E-state index contributed by atoms with van der Waals surface area (Å²) in [4.78, 5) is 23.4. The minimum atomic E-state index is -0.936. The van der Waals surface area contributed by atoms with Crippen molar-refractivity contribution in [1.29, 1.82) is 0 Å². The largest absolute Gasteiger partial charge is 0.462 e. The van der Waals surface area contributed by atoms with Crippen LogP contribution in [0.3, 0.4) is 0 Å². The predicted octanol–water partition coefficient (Wildman–Crippen LogP) is 5.37. The van der Waals surface area contributed by atoms with Crippen LogP contribution in [-0.2, 0) is 19.1 Å². The van der Waals surface area contributed by atoms with E-state index in [0.29, 0.717) is 12.3 Å². The van der Waals surface area contributed by atoms with Crippen LogP contribution in [0.5, 0.6) is 0 Å². The van der Waals surface area contributed by atoms with E-state index < -0.39 is 17.7 Å². The van der Waals surface area contributed by atoms with Crippen molar-refractivity contribution in [2.75, 3.05) is 6.61 Å². The Morgan fingerprint density at radius 1 is 1.20 bits per heavy atom. The van der Waals surface area contributed by atoms with Crippen molar-refractivity contribution in [2.24, 2.45) is 16.7 Å². The molecular weight excluding hydrogens is 380 g/mol. The zero-order valence-corrected chi connectivity index (χ0v) is 20.3. The van der Waals surface area contributed by atoms with E-state index in [4.69, 9.17) is 9.47 Å². The molecule has 3 atom stereocenters. The first-order chi connectivity index (χ1) is 13.7. The first-order valence-electron chi connectivity index (χ1n) is 11.1. The average molecular weight is 423 g/mol. The van der Waals surface area contributed by atoms with Crippen molar-refractivity contribution < 1.29 is 24.2 Å². The highest BCUT2D eigenvalue weighted by Gasteiger charge is 2.44. The van der Waals surface area contributed by atoms with E-state index in [9.17, 15) is 14.7 Å². The summed E-state index contributed by atoms with van der Waals surface area (Å²) >= 11 is 0. The number of ether oxygens (including phenoxy) is 2. The summed E-state index contributed by atoms with van der Waals surface area (Å²) < 4.78 is 11.0. The summed E-state index contributed by atoms with van der Waals surface area (Å²) in [6.07, 6.45) is 5.28. The SMILES string of the molecule is C=CC(C)(O)CCC(C)(C1=C(C(COC(C)=O)OC(C)=O)C(C)(C)CCC1)C(C)C. The van der Waals surface area contributed by atoms with Crippen LogP contribution in [0.2, 0.25) is 0 Å². The quantitative estimate of drug-likeness (QED) is 0.379. The molecule has 0 saturated heterocycles. The minimum absolute atomic E-state index is 0.0235. The van der Waals surface area contributed by atoms with Crippen LogP contribution in [0.15, 0.2) is 23.8 Å². The molecule has 172 valence electrons. The number of hydrogen-bond acceptors (Lipinski definition) is 5. The summed E-state index contributed by atoms with van der Waals surface area (Å²) in [7, 11) is 0. The maximum Gasteiger partial charge on any atom is 0.303 e. The first-order valence-corrected chi connectivity index (χ1v) is 11.1. The van der Waals surface area contributed by atoms with Gasteiger partial charge < -0.3 is 14.6 Å². The number of esters is 2. The van der Waals surface area contributed by atoms with Gasteiger partial charge in [0.2, 0.25) is 0 Å². The van der Waals surface area contributed by atoms with E-state index in [1.165, 1.54) is 19.4 Å². The zero-order valence-electron chi connectivity index (χ0n) is 20.3. The Labute approximate surface area is 182 Å². The van der Waals surface area contributed by atoms with Crippen LogP contribution < -0.4 is 0 Å². The van der Waals surface area contributed by atoms with E-state index in [-0.39, 0.29) is 23.4 Å². The van der Waals surface area contributed by atoms with E-state index in [1.54, 1.807) is 13.0 Å². The van der Waals surface area contributed by atoms with Gasteiger partial charge in [-0.05, 0) is 61.3 Å². The fourth-order valence-corrected chi connectivity index (χ4v) is 4.58. The Kier molecular flexibility index (Phi) is 8.92. The van der Waals surface area contributed by atoms with Crippen molar-refractivity contribution in [3.63, 3.8) is 0 Å². The van der Waals surface area contributed by atoms with Gasteiger partial charge in [-0.1, -0.05) is 46.3 Å². The molecule has 3 unspecified atom stereocenters. The highest BCUT2D eigenvalue weighted by molar-refractivity contribution is 5.67. The Balaban J connectivity index is 3.58. The average Bonchev–Trinajstić information content (AvgIpc) is 2.62. The van der Waals surface area contributed by atoms with Gasteiger partial charge in [-0.25, -0.2) is 0 Å². The van der Waals surface area contributed by atoms with Crippen LogP contribution in [0.1, 0.15) is 87.5 Å². The molecule has 1 aliphatic rings. The minimum Gasteiger partial charge on any atom is -0.462 e. The van der Waals surface area contributed by atoms with Crippen LogP contribution in [-0.4, -0.2) is 35.4 Å². The maximum atomic E-state index is 11.9. The second-order valence-electron chi connectivity index (χ2n) is 10.2. The molecule has 0 amide bonds. The predicted molar refractivity (Wildman–Crippen MR) is 120 cm³/mol. The molecule has 0 radical (unpaired) electrons. The third kappa shape index (κ3) is 6.69. The summed E-state index contributed by atoms with van der Waals surface area (Å²) in [6.45, 7) is 19.3. The molecule has 1 aliphatic carbocycles. The summed E-state index contributed by atoms with van der Waals surface area (Å²) in [6, 6.07) is 0. The molecule has 0 aromatic carbocycles. The van der Waals surface area contributed by atoms with Crippen LogP contribution in [0.25, 0.3) is 0 Å². The lowest BCUT2D eigenvalue weighted by atomic mass is 9.59. The molecule has 0 aromatic heterocycles. The molecular formula is C25H42O5. The van der Waals surface area contributed by atoms with Gasteiger partial charge >= 0.3 is 11.9 Å². The molecule has 5 heteroatoms. The van der Waals surface area contributed by atoms with Gasteiger partial charge in [0, 0.05) is 13.8 Å². The third-order valence-electron chi connectivity index (χ3n) is 6.90. The molecule has 0 fully saturated rings. The van der Waals surface area contributed by atoms with Gasteiger partial charge in [0.25, 0.3) is 0 Å². The van der Waals surface area contributed by atoms with E-state index in [2.05, 4.69) is 41.2 Å². The number of rotatable bonds is 10. The smallest absolute Gasteiger partial charge is 0.303 e. The number of carbonyl (C=O) groups excluding carboxylic acids is 2.